The van der Waals surface area contributed by atoms with E-state index < -0.39 is 6.04 Å². The Bertz CT molecular complexity index is 1320. The van der Waals surface area contributed by atoms with Gasteiger partial charge in [0.1, 0.15) is 11.6 Å². The van der Waals surface area contributed by atoms with Crippen molar-refractivity contribution >= 4 is 17.5 Å². The summed E-state index contributed by atoms with van der Waals surface area (Å²) >= 11 is 6.55. The van der Waals surface area contributed by atoms with Crippen LogP contribution in [0.15, 0.2) is 66.7 Å². The smallest absolute Gasteiger partial charge is 0.239 e. The summed E-state index contributed by atoms with van der Waals surface area (Å²) in [6, 6.07) is 21.1. The molecule has 3 aromatic rings. The predicted molar refractivity (Wildman–Crippen MR) is 167 cm³/mol. The van der Waals surface area contributed by atoms with E-state index in [1.807, 2.05) is 30.0 Å². The standard InChI is InChI=1S/C34H42ClFN4O2/c1-2-42-32-10-6-9-31(36)29(32)24-39-19-21-40(22-20-39)34(41)33(37)26-13-16-38(17-14-26)18-15-28-23-27(11-12-30(28)35)25-7-4-3-5-8-25/h3-12,23,26,33H,2,13-22,24,37H2,1H3/t33-/m1/s1. The molecule has 0 aromatic heterocycles. The molecular weight excluding hydrogens is 551 g/mol. The lowest BCUT2D eigenvalue weighted by atomic mass is 9.88. The Morgan fingerprint density at radius 2 is 1.69 bits per heavy atom. The van der Waals surface area contributed by atoms with Crippen LogP contribution in [0, 0.1) is 11.7 Å². The van der Waals surface area contributed by atoms with Gasteiger partial charge in [-0.05, 0) is 86.1 Å². The lowest BCUT2D eigenvalue weighted by molar-refractivity contribution is -0.136. The number of rotatable bonds is 10. The van der Waals surface area contributed by atoms with Crippen molar-refractivity contribution in [1.82, 2.24) is 14.7 Å². The second-order valence-electron chi connectivity index (χ2n) is 11.4. The number of hydrogen-bond donors (Lipinski definition) is 1. The molecule has 2 aliphatic heterocycles. The minimum absolute atomic E-state index is 0.0403. The zero-order valence-electron chi connectivity index (χ0n) is 24.5. The summed E-state index contributed by atoms with van der Waals surface area (Å²) in [5.74, 6) is 0.562. The molecule has 1 atom stereocenters. The molecule has 2 saturated heterocycles. The first kappa shape index (κ1) is 30.5. The maximum atomic E-state index is 14.5. The number of carbonyl (C=O) groups is 1. The van der Waals surface area contributed by atoms with Crippen molar-refractivity contribution in [1.29, 1.82) is 0 Å². The van der Waals surface area contributed by atoms with Crippen LogP contribution in [0.4, 0.5) is 4.39 Å². The minimum Gasteiger partial charge on any atom is -0.493 e. The summed E-state index contributed by atoms with van der Waals surface area (Å²) in [5, 5.41) is 0.806. The molecule has 0 radical (unpaired) electrons. The number of likely N-dealkylation sites (tertiary alicyclic amines) is 1. The summed E-state index contributed by atoms with van der Waals surface area (Å²) in [6.07, 6.45) is 2.72. The topological polar surface area (TPSA) is 62.0 Å². The zero-order valence-corrected chi connectivity index (χ0v) is 25.2. The van der Waals surface area contributed by atoms with Crippen LogP contribution in [0.1, 0.15) is 30.9 Å². The van der Waals surface area contributed by atoms with Crippen molar-refractivity contribution in [3.05, 3.63) is 88.7 Å². The number of nitrogens with two attached hydrogens (primary N) is 1. The van der Waals surface area contributed by atoms with Crippen LogP contribution >= 0.6 is 11.6 Å². The molecule has 8 heteroatoms. The number of hydrogen-bond acceptors (Lipinski definition) is 5. The second-order valence-corrected chi connectivity index (χ2v) is 11.8. The maximum Gasteiger partial charge on any atom is 0.239 e. The molecule has 2 fully saturated rings. The van der Waals surface area contributed by atoms with E-state index in [0.717, 1.165) is 49.5 Å². The van der Waals surface area contributed by atoms with Crippen LogP contribution in [0.25, 0.3) is 11.1 Å². The molecule has 224 valence electrons. The third kappa shape index (κ3) is 7.51. The van der Waals surface area contributed by atoms with Crippen molar-refractivity contribution in [2.45, 2.75) is 38.8 Å². The number of piperidine rings is 1. The lowest BCUT2D eigenvalue weighted by Gasteiger charge is -2.39. The highest BCUT2D eigenvalue weighted by molar-refractivity contribution is 6.31. The summed E-state index contributed by atoms with van der Waals surface area (Å²) < 4.78 is 20.1. The fourth-order valence-electron chi connectivity index (χ4n) is 6.14. The minimum atomic E-state index is -0.480. The van der Waals surface area contributed by atoms with Crippen molar-refractivity contribution in [3.8, 4) is 16.9 Å². The third-order valence-corrected chi connectivity index (χ3v) is 9.09. The molecular formula is C34H42ClFN4O2. The largest absolute Gasteiger partial charge is 0.493 e. The van der Waals surface area contributed by atoms with Crippen LogP contribution in [-0.4, -0.2) is 79.1 Å². The van der Waals surface area contributed by atoms with Crippen LogP contribution in [0.3, 0.4) is 0 Å². The molecule has 2 heterocycles. The second kappa shape index (κ2) is 14.5. The van der Waals surface area contributed by atoms with Gasteiger partial charge in [0.05, 0.1) is 12.6 Å². The first-order valence-electron chi connectivity index (χ1n) is 15.2. The van der Waals surface area contributed by atoms with Crippen molar-refractivity contribution in [2.24, 2.45) is 11.7 Å². The molecule has 0 unspecified atom stereocenters. The van der Waals surface area contributed by atoms with Gasteiger partial charge in [0.2, 0.25) is 5.91 Å². The van der Waals surface area contributed by atoms with Gasteiger partial charge in [0, 0.05) is 49.9 Å². The number of piperazine rings is 1. The molecule has 2 aliphatic rings. The van der Waals surface area contributed by atoms with E-state index >= 15 is 0 Å². The molecule has 0 spiro atoms. The highest BCUT2D eigenvalue weighted by Crippen LogP contribution is 2.28. The van der Waals surface area contributed by atoms with Gasteiger partial charge in [0.25, 0.3) is 0 Å². The Balaban J connectivity index is 1.07. The Labute approximate surface area is 254 Å². The highest BCUT2D eigenvalue weighted by atomic mass is 35.5. The van der Waals surface area contributed by atoms with E-state index in [1.165, 1.54) is 17.2 Å². The number of nitrogens with zero attached hydrogens (tertiary/aromatic N) is 3. The molecule has 1 amide bonds. The Morgan fingerprint density at radius 3 is 2.40 bits per heavy atom. The molecule has 5 rings (SSSR count). The quantitative estimate of drug-likeness (QED) is 0.338. The molecule has 0 saturated carbocycles. The van der Waals surface area contributed by atoms with Gasteiger partial charge < -0.3 is 20.3 Å². The zero-order chi connectivity index (χ0) is 29.5. The van der Waals surface area contributed by atoms with E-state index in [4.69, 9.17) is 22.1 Å². The lowest BCUT2D eigenvalue weighted by Crippen LogP contribution is -2.55. The normalized spacial score (nSPS) is 17.8. The number of ether oxygens (including phenoxy) is 1. The average molecular weight is 593 g/mol. The summed E-state index contributed by atoms with van der Waals surface area (Å²) in [4.78, 5) is 19.8. The first-order chi connectivity index (χ1) is 20.4. The van der Waals surface area contributed by atoms with Crippen LogP contribution in [0.5, 0.6) is 5.75 Å². The molecule has 6 nitrogen and oxygen atoms in total. The maximum absolute atomic E-state index is 14.5. The van der Waals surface area contributed by atoms with Crippen molar-refractivity contribution in [2.75, 3.05) is 52.4 Å². The average Bonchev–Trinajstić information content (AvgIpc) is 3.03. The number of amides is 1. The van der Waals surface area contributed by atoms with E-state index in [2.05, 4.69) is 46.2 Å². The monoisotopic (exact) mass is 592 g/mol. The van der Waals surface area contributed by atoms with Gasteiger partial charge >= 0.3 is 0 Å². The SMILES string of the molecule is CCOc1cccc(F)c1CN1CCN(C(=O)[C@H](N)C2CCN(CCc3cc(-c4ccccc4)ccc3Cl)CC2)CC1. The van der Waals surface area contributed by atoms with Gasteiger partial charge in [-0.15, -0.1) is 0 Å². The summed E-state index contributed by atoms with van der Waals surface area (Å²) in [7, 11) is 0. The third-order valence-electron chi connectivity index (χ3n) is 8.72. The van der Waals surface area contributed by atoms with Gasteiger partial charge in [-0.25, -0.2) is 4.39 Å². The number of carbonyl (C=O) groups excluding carboxylic acids is 1. The van der Waals surface area contributed by atoms with Gasteiger partial charge in [0.15, 0.2) is 0 Å². The molecule has 0 aliphatic carbocycles. The number of benzene rings is 3. The van der Waals surface area contributed by atoms with Crippen molar-refractivity contribution in [3.63, 3.8) is 0 Å². The molecule has 42 heavy (non-hydrogen) atoms. The predicted octanol–water partition coefficient (Wildman–Crippen LogP) is 5.47. The van der Waals surface area contributed by atoms with Crippen LogP contribution in [-0.2, 0) is 17.8 Å². The van der Waals surface area contributed by atoms with Crippen LogP contribution in [0.2, 0.25) is 5.02 Å². The summed E-state index contributed by atoms with van der Waals surface area (Å²) in [5.41, 5.74) is 10.7. The first-order valence-corrected chi connectivity index (χ1v) is 15.5. The Morgan fingerprint density at radius 1 is 0.952 bits per heavy atom. The van der Waals surface area contributed by atoms with E-state index in [9.17, 15) is 9.18 Å². The van der Waals surface area contributed by atoms with Gasteiger partial charge in [-0.3, -0.25) is 9.69 Å². The molecule has 3 aromatic carbocycles. The fourth-order valence-corrected chi connectivity index (χ4v) is 6.35. The van der Waals surface area contributed by atoms with Crippen LogP contribution < -0.4 is 10.5 Å². The van der Waals surface area contributed by atoms with E-state index in [-0.39, 0.29) is 17.6 Å². The van der Waals surface area contributed by atoms with Gasteiger partial charge in [-0.1, -0.05) is 54.1 Å². The molecule has 2 N–H and O–H groups in total. The van der Waals surface area contributed by atoms with Gasteiger partial charge in [-0.2, -0.15) is 0 Å². The van der Waals surface area contributed by atoms with E-state index in [1.54, 1.807) is 6.07 Å². The summed E-state index contributed by atoms with van der Waals surface area (Å²) in [6.45, 7) is 8.23. The van der Waals surface area contributed by atoms with E-state index in [0.29, 0.717) is 50.6 Å². The highest BCUT2D eigenvalue weighted by Gasteiger charge is 2.33. The Hall–Kier alpha value is -2.97. The number of halogens is 2. The fraction of sp³-hybridized carbons (Fsp3) is 0.441. The molecule has 0 bridgehead atoms. The Kier molecular flexibility index (Phi) is 10.5. The van der Waals surface area contributed by atoms with Crippen molar-refractivity contribution < 1.29 is 13.9 Å².